The number of sulfonamides is 1. The van der Waals surface area contributed by atoms with Gasteiger partial charge in [-0.2, -0.15) is 0 Å². The highest BCUT2D eigenvalue weighted by Crippen LogP contribution is 2.26. The quantitative estimate of drug-likeness (QED) is 0.302. The predicted octanol–water partition coefficient (Wildman–Crippen LogP) is 4.67. The maximum Gasteiger partial charge on any atom is 0.264 e. The molecule has 8 nitrogen and oxygen atoms in total. The van der Waals surface area contributed by atoms with E-state index in [1.54, 1.807) is 31.2 Å². The highest BCUT2D eigenvalue weighted by molar-refractivity contribution is 7.92. The molecule has 0 radical (unpaired) electrons. The summed E-state index contributed by atoms with van der Waals surface area (Å²) in [6, 6.07) is 17.4. The summed E-state index contributed by atoms with van der Waals surface area (Å²) in [6.45, 7) is 5.37. The number of methoxy groups -OCH3 is 1. The van der Waals surface area contributed by atoms with Crippen LogP contribution in [0.3, 0.4) is 0 Å². The lowest BCUT2D eigenvalue weighted by molar-refractivity contribution is -0.139. The lowest BCUT2D eigenvalue weighted by Gasteiger charge is -2.32. The number of hydrogen-bond acceptors (Lipinski definition) is 5. The van der Waals surface area contributed by atoms with Crippen molar-refractivity contribution in [1.82, 2.24) is 10.2 Å². The van der Waals surface area contributed by atoms with E-state index in [2.05, 4.69) is 5.32 Å². The Labute approximate surface area is 235 Å². The molecule has 0 heterocycles. The molecular formula is C30H36FN3O5S. The highest BCUT2D eigenvalue weighted by atomic mass is 32.2. The number of ether oxygens (including phenoxy) is 1. The molecular weight excluding hydrogens is 533 g/mol. The zero-order valence-electron chi connectivity index (χ0n) is 23.3. The third-order valence-electron chi connectivity index (χ3n) is 6.51. The number of hydrogen-bond donors (Lipinski definition) is 1. The average molecular weight is 570 g/mol. The third kappa shape index (κ3) is 7.81. The van der Waals surface area contributed by atoms with Crippen LogP contribution in [0.1, 0.15) is 37.8 Å². The van der Waals surface area contributed by atoms with Gasteiger partial charge in [0.25, 0.3) is 10.0 Å². The average Bonchev–Trinajstić information content (AvgIpc) is 2.95. The molecule has 1 atom stereocenters. The third-order valence-corrected chi connectivity index (χ3v) is 8.30. The molecule has 2 amide bonds. The number of halogens is 1. The summed E-state index contributed by atoms with van der Waals surface area (Å²) in [5.41, 5.74) is 1.83. The van der Waals surface area contributed by atoms with Crippen LogP contribution >= 0.6 is 0 Å². The molecule has 0 aliphatic rings. The molecule has 0 saturated heterocycles. The number of carbonyl (C=O) groups is 2. The van der Waals surface area contributed by atoms with Gasteiger partial charge in [0.1, 0.15) is 24.2 Å². The number of aryl methyl sites for hydroxylation is 1. The Morgan fingerprint density at radius 2 is 1.60 bits per heavy atom. The summed E-state index contributed by atoms with van der Waals surface area (Å²) < 4.78 is 47.4. The standard InChI is InChI=1S/C30H36FN3O5S/c1-5-6-19-32-30(36)23(3)33(20-24-9-11-25(31)12-10-24)29(35)21-34(26-13-7-22(2)8-14-26)40(37,38)28-17-15-27(39-4)16-18-28/h7-18,23H,5-6,19-21H2,1-4H3,(H,32,36). The SMILES string of the molecule is CCCCNC(=O)C(C)N(Cc1ccc(F)cc1)C(=O)CN(c1ccc(C)cc1)S(=O)(=O)c1ccc(OC)cc1. The number of nitrogens with one attached hydrogen (secondary N) is 1. The molecule has 10 heteroatoms. The van der Waals surface area contributed by atoms with Gasteiger partial charge in [0.2, 0.25) is 11.8 Å². The number of unbranched alkanes of at least 4 members (excludes halogenated alkanes) is 1. The van der Waals surface area contributed by atoms with Crippen LogP contribution in [0.15, 0.2) is 77.7 Å². The van der Waals surface area contributed by atoms with Crippen molar-refractivity contribution in [3.63, 3.8) is 0 Å². The summed E-state index contributed by atoms with van der Waals surface area (Å²) in [7, 11) is -2.70. The molecule has 3 aromatic rings. The van der Waals surface area contributed by atoms with Crippen LogP contribution in [0.4, 0.5) is 10.1 Å². The molecule has 3 rings (SSSR count). The Bertz CT molecular complexity index is 1380. The van der Waals surface area contributed by atoms with Gasteiger partial charge in [-0.15, -0.1) is 0 Å². The van der Waals surface area contributed by atoms with Crippen molar-refractivity contribution >= 4 is 27.5 Å². The lowest BCUT2D eigenvalue weighted by Crippen LogP contribution is -2.51. The van der Waals surface area contributed by atoms with Gasteiger partial charge in [-0.3, -0.25) is 13.9 Å². The molecule has 1 unspecified atom stereocenters. The van der Waals surface area contributed by atoms with E-state index in [9.17, 15) is 22.4 Å². The highest BCUT2D eigenvalue weighted by Gasteiger charge is 2.32. The lowest BCUT2D eigenvalue weighted by atomic mass is 10.1. The Balaban J connectivity index is 1.99. The summed E-state index contributed by atoms with van der Waals surface area (Å²) in [5, 5.41) is 2.84. The van der Waals surface area contributed by atoms with Gasteiger partial charge >= 0.3 is 0 Å². The van der Waals surface area contributed by atoms with Gasteiger partial charge in [-0.1, -0.05) is 43.2 Å². The first-order valence-corrected chi connectivity index (χ1v) is 14.6. The van der Waals surface area contributed by atoms with E-state index in [1.165, 1.54) is 60.5 Å². The first kappa shape index (κ1) is 30.6. The molecule has 0 aliphatic carbocycles. The monoisotopic (exact) mass is 569 g/mol. The summed E-state index contributed by atoms with van der Waals surface area (Å²) in [6.07, 6.45) is 1.67. The number of anilines is 1. The number of carbonyl (C=O) groups excluding carboxylic acids is 2. The number of nitrogens with zero attached hydrogens (tertiary/aromatic N) is 2. The molecule has 0 fully saturated rings. The molecule has 3 aromatic carbocycles. The molecule has 1 N–H and O–H groups in total. The smallest absolute Gasteiger partial charge is 0.264 e. The second kappa shape index (κ2) is 13.9. The molecule has 0 spiro atoms. The van der Waals surface area contributed by atoms with Crippen LogP contribution in [0, 0.1) is 12.7 Å². The first-order chi connectivity index (χ1) is 19.1. The van der Waals surface area contributed by atoms with Crippen molar-refractivity contribution < 1.29 is 27.1 Å². The Morgan fingerprint density at radius 3 is 2.17 bits per heavy atom. The molecule has 0 aliphatic heterocycles. The van der Waals surface area contributed by atoms with Crippen molar-refractivity contribution in [1.29, 1.82) is 0 Å². The summed E-state index contributed by atoms with van der Waals surface area (Å²) in [4.78, 5) is 28.1. The fourth-order valence-corrected chi connectivity index (χ4v) is 5.43. The second-order valence-corrected chi connectivity index (χ2v) is 11.4. The normalized spacial score (nSPS) is 11.9. The largest absolute Gasteiger partial charge is 0.497 e. The van der Waals surface area contributed by atoms with Crippen molar-refractivity contribution in [3.8, 4) is 5.75 Å². The van der Waals surface area contributed by atoms with E-state index in [0.717, 1.165) is 22.7 Å². The molecule has 0 bridgehead atoms. The van der Waals surface area contributed by atoms with Gasteiger partial charge < -0.3 is 15.0 Å². The van der Waals surface area contributed by atoms with E-state index in [0.29, 0.717) is 23.5 Å². The Hall–Kier alpha value is -3.92. The number of rotatable bonds is 13. The fourth-order valence-electron chi connectivity index (χ4n) is 4.02. The van der Waals surface area contributed by atoms with Gasteiger partial charge in [0.15, 0.2) is 0 Å². The number of amides is 2. The van der Waals surface area contributed by atoms with Crippen molar-refractivity contribution in [2.24, 2.45) is 0 Å². The summed E-state index contributed by atoms with van der Waals surface area (Å²) in [5.74, 6) is -0.877. The van der Waals surface area contributed by atoms with Crippen molar-refractivity contribution in [3.05, 3.63) is 89.7 Å². The second-order valence-electron chi connectivity index (χ2n) is 9.49. The van der Waals surface area contributed by atoms with E-state index in [4.69, 9.17) is 4.74 Å². The van der Waals surface area contributed by atoms with Gasteiger partial charge in [0, 0.05) is 13.1 Å². The van der Waals surface area contributed by atoms with E-state index in [-0.39, 0.29) is 17.3 Å². The summed E-state index contributed by atoms with van der Waals surface area (Å²) >= 11 is 0. The predicted molar refractivity (Wildman–Crippen MR) is 153 cm³/mol. The van der Waals surface area contributed by atoms with Crippen molar-refractivity contribution in [2.75, 3.05) is 24.5 Å². The van der Waals surface area contributed by atoms with Crippen LogP contribution in [0.5, 0.6) is 5.75 Å². The first-order valence-electron chi connectivity index (χ1n) is 13.1. The Morgan fingerprint density at radius 1 is 0.975 bits per heavy atom. The van der Waals surface area contributed by atoms with Crippen LogP contribution in [-0.4, -0.2) is 51.4 Å². The van der Waals surface area contributed by atoms with E-state index < -0.39 is 34.3 Å². The molecule has 40 heavy (non-hydrogen) atoms. The Kier molecular flexibility index (Phi) is 10.7. The minimum Gasteiger partial charge on any atom is -0.497 e. The van der Waals surface area contributed by atoms with Gasteiger partial charge in [0.05, 0.1) is 17.7 Å². The van der Waals surface area contributed by atoms with Crippen molar-refractivity contribution in [2.45, 2.75) is 51.1 Å². The molecule has 0 aromatic heterocycles. The minimum absolute atomic E-state index is 0.00814. The van der Waals surface area contributed by atoms with Crippen LogP contribution < -0.4 is 14.4 Å². The van der Waals surface area contributed by atoms with Crippen LogP contribution in [0.2, 0.25) is 0 Å². The van der Waals surface area contributed by atoms with Crippen LogP contribution in [-0.2, 0) is 26.2 Å². The topological polar surface area (TPSA) is 96.0 Å². The number of benzene rings is 3. The maximum atomic E-state index is 13.9. The molecule has 214 valence electrons. The fraction of sp³-hybridized carbons (Fsp3) is 0.333. The van der Waals surface area contributed by atoms with Gasteiger partial charge in [-0.05, 0) is 74.4 Å². The van der Waals surface area contributed by atoms with Crippen LogP contribution in [0.25, 0.3) is 0 Å². The zero-order valence-corrected chi connectivity index (χ0v) is 24.1. The van der Waals surface area contributed by atoms with E-state index >= 15 is 0 Å². The van der Waals surface area contributed by atoms with Gasteiger partial charge in [-0.25, -0.2) is 12.8 Å². The zero-order chi connectivity index (χ0) is 29.3. The van der Waals surface area contributed by atoms with E-state index in [1.807, 2.05) is 13.8 Å². The molecule has 0 saturated carbocycles. The minimum atomic E-state index is -4.18. The maximum absolute atomic E-state index is 13.9.